The van der Waals surface area contributed by atoms with E-state index in [0.29, 0.717) is 24.9 Å². The highest BCUT2D eigenvalue weighted by molar-refractivity contribution is 14.1. The van der Waals surface area contributed by atoms with Crippen molar-refractivity contribution in [1.29, 1.82) is 5.26 Å². The fourth-order valence-electron chi connectivity index (χ4n) is 2.92. The Hall–Kier alpha value is -2.27. The molecule has 0 aliphatic carbocycles. The number of carbonyl (C=O) groups excluding carboxylic acids is 1. The van der Waals surface area contributed by atoms with Gasteiger partial charge in [-0.1, -0.05) is 41.4 Å². The van der Waals surface area contributed by atoms with Crippen LogP contribution < -0.4 is 5.32 Å². The van der Waals surface area contributed by atoms with Crippen LogP contribution in [0.3, 0.4) is 0 Å². The summed E-state index contributed by atoms with van der Waals surface area (Å²) in [6.07, 6.45) is 0. The Balaban J connectivity index is 1.87. The Labute approximate surface area is 192 Å². The Kier molecular flexibility index (Phi) is 6.68. The summed E-state index contributed by atoms with van der Waals surface area (Å²) in [4.78, 5) is 12.6. The lowest BCUT2D eigenvalue weighted by Crippen LogP contribution is -2.13. The van der Waals surface area contributed by atoms with Crippen LogP contribution in [0.5, 0.6) is 5.75 Å². The second-order valence-corrected chi connectivity index (χ2v) is 8.45. The van der Waals surface area contributed by atoms with Crippen LogP contribution in [0.1, 0.15) is 33.0 Å². The molecule has 29 heavy (non-hydrogen) atoms. The maximum Gasteiger partial charge on any atom is 0.259 e. The first-order chi connectivity index (χ1) is 13.8. The molecule has 0 heterocycles. The van der Waals surface area contributed by atoms with E-state index in [1.54, 1.807) is 54.6 Å². The van der Waals surface area contributed by atoms with Gasteiger partial charge in [-0.05, 0) is 82.6 Å². The van der Waals surface area contributed by atoms with E-state index >= 15 is 0 Å². The van der Waals surface area contributed by atoms with Crippen LogP contribution in [-0.4, -0.2) is 11.0 Å². The van der Waals surface area contributed by atoms with E-state index in [1.165, 1.54) is 0 Å². The molecule has 0 saturated heterocycles. The molecule has 3 aromatic carbocycles. The summed E-state index contributed by atoms with van der Waals surface area (Å²) in [5, 5.41) is 23.5. The maximum absolute atomic E-state index is 12.6. The lowest BCUT2D eigenvalue weighted by molar-refractivity contribution is 0.102. The average Bonchev–Trinajstić information content (AvgIpc) is 2.68. The second-order valence-electron chi connectivity index (χ2n) is 6.45. The van der Waals surface area contributed by atoms with Crippen LogP contribution in [0.4, 0.5) is 5.69 Å². The Bertz CT molecular complexity index is 1120. The van der Waals surface area contributed by atoms with E-state index in [0.717, 1.165) is 11.1 Å². The fraction of sp³-hybridized carbons (Fsp3) is 0.0909. The average molecular weight is 537 g/mol. The highest BCUT2D eigenvalue weighted by Gasteiger charge is 2.19. The summed E-state index contributed by atoms with van der Waals surface area (Å²) >= 11 is 14.3. The molecular weight excluding hydrogens is 522 g/mol. The van der Waals surface area contributed by atoms with Crippen molar-refractivity contribution in [2.24, 2.45) is 0 Å². The molecule has 0 aromatic heterocycles. The highest BCUT2D eigenvalue weighted by atomic mass is 127. The lowest BCUT2D eigenvalue weighted by Gasteiger charge is -2.14. The van der Waals surface area contributed by atoms with Crippen molar-refractivity contribution in [3.63, 3.8) is 0 Å². The summed E-state index contributed by atoms with van der Waals surface area (Å²) in [5.41, 5.74) is 2.92. The van der Waals surface area contributed by atoms with Crippen LogP contribution in [0.2, 0.25) is 10.0 Å². The zero-order valence-electron chi connectivity index (χ0n) is 15.2. The number of phenols is 1. The van der Waals surface area contributed by atoms with Gasteiger partial charge in [0.2, 0.25) is 0 Å². The first-order valence-electron chi connectivity index (χ1n) is 8.55. The molecule has 0 radical (unpaired) electrons. The summed E-state index contributed by atoms with van der Waals surface area (Å²) in [6.45, 7) is 1.85. The van der Waals surface area contributed by atoms with Crippen molar-refractivity contribution in [3.05, 3.63) is 90.5 Å². The molecule has 0 spiro atoms. The van der Waals surface area contributed by atoms with Crippen LogP contribution in [0.15, 0.2) is 54.6 Å². The number of amides is 1. The van der Waals surface area contributed by atoms with Gasteiger partial charge in [-0.15, -0.1) is 0 Å². The quantitative estimate of drug-likeness (QED) is 0.373. The summed E-state index contributed by atoms with van der Waals surface area (Å²) in [7, 11) is 0. The van der Waals surface area contributed by atoms with Gasteiger partial charge < -0.3 is 10.4 Å². The van der Waals surface area contributed by atoms with Gasteiger partial charge >= 0.3 is 0 Å². The predicted octanol–water partition coefficient (Wildman–Crippen LogP) is 6.52. The molecule has 3 rings (SSSR count). The fourth-order valence-corrected chi connectivity index (χ4v) is 4.12. The minimum absolute atomic E-state index is 0.0660. The van der Waals surface area contributed by atoms with Gasteiger partial charge in [0, 0.05) is 15.7 Å². The van der Waals surface area contributed by atoms with Crippen LogP contribution in [0, 0.1) is 21.8 Å². The first-order valence-corrected chi connectivity index (χ1v) is 10.4. The first kappa shape index (κ1) is 21.4. The smallest absolute Gasteiger partial charge is 0.259 e. The van der Waals surface area contributed by atoms with Crippen molar-refractivity contribution < 1.29 is 9.90 Å². The topological polar surface area (TPSA) is 73.1 Å². The van der Waals surface area contributed by atoms with Gasteiger partial charge in [0.1, 0.15) is 5.75 Å². The maximum atomic E-state index is 12.6. The van der Waals surface area contributed by atoms with E-state index in [9.17, 15) is 15.2 Å². The number of benzene rings is 3. The third-order valence-electron chi connectivity index (χ3n) is 4.35. The largest absolute Gasteiger partial charge is 0.506 e. The molecule has 3 aromatic rings. The molecule has 0 aliphatic heterocycles. The number of anilines is 1. The lowest BCUT2D eigenvalue weighted by atomic mass is 9.92. The van der Waals surface area contributed by atoms with Crippen molar-refractivity contribution in [1.82, 2.24) is 0 Å². The normalized spacial score (nSPS) is 11.6. The SMILES string of the molecule is Cc1cc(I)c(O)c(C(=O)Nc2ccc(C(C#N)c3ccc(Cl)cc3)c(Cl)c2)c1. The highest BCUT2D eigenvalue weighted by Crippen LogP contribution is 2.33. The number of aryl methyl sites for hydroxylation is 1. The van der Waals surface area contributed by atoms with E-state index in [1.807, 2.05) is 29.5 Å². The minimum Gasteiger partial charge on any atom is -0.506 e. The molecule has 0 fully saturated rings. The van der Waals surface area contributed by atoms with Crippen molar-refractivity contribution in [2.75, 3.05) is 5.32 Å². The third kappa shape index (κ3) is 4.84. The Morgan fingerprint density at radius 3 is 2.45 bits per heavy atom. The zero-order chi connectivity index (χ0) is 21.1. The molecule has 4 nitrogen and oxygen atoms in total. The molecule has 1 atom stereocenters. The molecule has 2 N–H and O–H groups in total. The number of aromatic hydroxyl groups is 1. The molecule has 7 heteroatoms. The number of halogens is 3. The van der Waals surface area contributed by atoms with E-state index in [2.05, 4.69) is 11.4 Å². The number of carbonyl (C=O) groups is 1. The van der Waals surface area contributed by atoms with Crippen LogP contribution in [0.25, 0.3) is 0 Å². The van der Waals surface area contributed by atoms with Crippen LogP contribution >= 0.6 is 45.8 Å². The minimum atomic E-state index is -0.563. The zero-order valence-corrected chi connectivity index (χ0v) is 18.9. The number of rotatable bonds is 4. The molecule has 1 unspecified atom stereocenters. The summed E-state index contributed by atoms with van der Waals surface area (Å²) in [6, 6.07) is 17.6. The van der Waals surface area contributed by atoms with Crippen molar-refractivity contribution in [3.8, 4) is 11.8 Å². The van der Waals surface area contributed by atoms with Crippen LogP contribution in [-0.2, 0) is 0 Å². The van der Waals surface area contributed by atoms with Gasteiger partial charge in [0.05, 0.1) is 21.1 Å². The standard InChI is InChI=1S/C22H15Cl2IN2O2/c1-12-8-17(21(28)20(25)9-12)22(29)27-15-6-7-16(19(24)10-15)18(11-26)13-2-4-14(23)5-3-13/h2-10,18,28H,1H3,(H,27,29). The number of hydrogen-bond acceptors (Lipinski definition) is 3. The van der Waals surface area contributed by atoms with Crippen molar-refractivity contribution in [2.45, 2.75) is 12.8 Å². The van der Waals surface area contributed by atoms with Gasteiger partial charge in [0.15, 0.2) is 0 Å². The van der Waals surface area contributed by atoms with Crippen molar-refractivity contribution >= 4 is 57.4 Å². The number of nitriles is 1. The summed E-state index contributed by atoms with van der Waals surface area (Å²) in [5.74, 6) is -1.07. The molecule has 146 valence electrons. The summed E-state index contributed by atoms with van der Waals surface area (Å²) < 4.78 is 0.598. The van der Waals surface area contributed by atoms with E-state index in [4.69, 9.17) is 23.2 Å². The predicted molar refractivity (Wildman–Crippen MR) is 124 cm³/mol. The monoisotopic (exact) mass is 536 g/mol. The van der Waals surface area contributed by atoms with Gasteiger partial charge in [-0.3, -0.25) is 4.79 Å². The third-order valence-corrected chi connectivity index (χ3v) is 5.76. The number of nitrogens with one attached hydrogen (secondary N) is 1. The molecule has 0 saturated carbocycles. The molecule has 1 amide bonds. The van der Waals surface area contributed by atoms with E-state index < -0.39 is 11.8 Å². The van der Waals surface area contributed by atoms with E-state index in [-0.39, 0.29) is 11.3 Å². The molecule has 0 bridgehead atoms. The van der Waals surface area contributed by atoms with Gasteiger partial charge in [0.25, 0.3) is 5.91 Å². The Morgan fingerprint density at radius 1 is 1.14 bits per heavy atom. The second kappa shape index (κ2) is 9.04. The molecule has 0 aliphatic rings. The number of hydrogen-bond donors (Lipinski definition) is 2. The number of nitrogens with zero attached hydrogens (tertiary/aromatic N) is 1. The Morgan fingerprint density at radius 2 is 1.83 bits per heavy atom. The van der Waals surface area contributed by atoms with Gasteiger partial charge in [-0.2, -0.15) is 5.26 Å². The molecular formula is C22H15Cl2IN2O2. The van der Waals surface area contributed by atoms with Gasteiger partial charge in [-0.25, -0.2) is 0 Å². The number of phenolic OH excluding ortho intramolecular Hbond substituents is 1.